The molecule has 0 fully saturated rings. The van der Waals surface area contributed by atoms with Gasteiger partial charge in [-0.1, -0.05) is 24.3 Å². The lowest BCUT2D eigenvalue weighted by molar-refractivity contribution is 0.468. The molecule has 19 heavy (non-hydrogen) atoms. The second-order valence-corrected chi connectivity index (χ2v) is 4.57. The second-order valence-electron chi connectivity index (χ2n) is 4.23. The van der Waals surface area contributed by atoms with Crippen LogP contribution in [0.25, 0.3) is 10.9 Å². The van der Waals surface area contributed by atoms with E-state index in [-0.39, 0.29) is 5.28 Å². The van der Waals surface area contributed by atoms with E-state index in [1.54, 1.807) is 0 Å². The van der Waals surface area contributed by atoms with Crippen molar-refractivity contribution in [2.24, 2.45) is 0 Å². The Labute approximate surface area is 115 Å². The summed E-state index contributed by atoms with van der Waals surface area (Å²) in [6.45, 7) is 2.01. The van der Waals surface area contributed by atoms with Gasteiger partial charge in [0.15, 0.2) is 0 Å². The largest absolute Gasteiger partial charge is 0.438 e. The van der Waals surface area contributed by atoms with E-state index in [9.17, 15) is 0 Å². The molecule has 0 amide bonds. The molecule has 0 N–H and O–H groups in total. The fourth-order valence-corrected chi connectivity index (χ4v) is 2.06. The summed E-state index contributed by atoms with van der Waals surface area (Å²) in [6.07, 6.45) is 0. The molecule has 0 saturated carbocycles. The average molecular weight is 271 g/mol. The zero-order valence-electron chi connectivity index (χ0n) is 10.3. The summed E-state index contributed by atoms with van der Waals surface area (Å²) in [7, 11) is 0. The van der Waals surface area contributed by atoms with Crippen molar-refractivity contribution in [3.05, 3.63) is 59.4 Å². The molecular weight excluding hydrogens is 260 g/mol. The number of nitrogens with zero attached hydrogens (tertiary/aromatic N) is 2. The topological polar surface area (TPSA) is 35.0 Å². The van der Waals surface area contributed by atoms with Crippen molar-refractivity contribution >= 4 is 22.5 Å². The van der Waals surface area contributed by atoms with E-state index < -0.39 is 0 Å². The molecule has 4 heteroatoms. The van der Waals surface area contributed by atoms with Crippen molar-refractivity contribution in [2.75, 3.05) is 0 Å². The highest BCUT2D eigenvalue weighted by Gasteiger charge is 2.08. The number of para-hydroxylation sites is 1. The zero-order valence-corrected chi connectivity index (χ0v) is 11.1. The van der Waals surface area contributed by atoms with Crippen LogP contribution in [0, 0.1) is 6.92 Å². The molecule has 2 aromatic carbocycles. The molecule has 0 spiro atoms. The van der Waals surface area contributed by atoms with Crippen molar-refractivity contribution in [1.29, 1.82) is 0 Å². The van der Waals surface area contributed by atoms with Gasteiger partial charge in [-0.3, -0.25) is 0 Å². The Morgan fingerprint density at radius 1 is 1.00 bits per heavy atom. The fraction of sp³-hybridized carbons (Fsp3) is 0.0667. The lowest BCUT2D eigenvalue weighted by atomic mass is 10.2. The van der Waals surface area contributed by atoms with Gasteiger partial charge in [0.05, 0.1) is 10.9 Å². The predicted molar refractivity (Wildman–Crippen MR) is 75.8 cm³/mol. The van der Waals surface area contributed by atoms with Crippen molar-refractivity contribution in [1.82, 2.24) is 9.97 Å². The number of hydrogen-bond donors (Lipinski definition) is 0. The first-order valence-electron chi connectivity index (χ1n) is 5.89. The third-order valence-corrected chi connectivity index (χ3v) is 2.91. The normalized spacial score (nSPS) is 10.6. The molecule has 3 aromatic rings. The van der Waals surface area contributed by atoms with Gasteiger partial charge in [0.2, 0.25) is 11.2 Å². The number of rotatable bonds is 2. The number of fused-ring (bicyclic) bond motifs is 1. The highest BCUT2D eigenvalue weighted by molar-refractivity contribution is 6.28. The lowest BCUT2D eigenvalue weighted by Crippen LogP contribution is -1.93. The van der Waals surface area contributed by atoms with E-state index in [1.165, 1.54) is 0 Å². The number of hydrogen-bond acceptors (Lipinski definition) is 3. The maximum absolute atomic E-state index is 5.92. The van der Waals surface area contributed by atoms with Gasteiger partial charge >= 0.3 is 0 Å². The van der Waals surface area contributed by atoms with Crippen molar-refractivity contribution < 1.29 is 4.74 Å². The smallest absolute Gasteiger partial charge is 0.231 e. The number of benzene rings is 2. The van der Waals surface area contributed by atoms with Crippen molar-refractivity contribution in [3.63, 3.8) is 0 Å². The molecule has 0 radical (unpaired) electrons. The Hall–Kier alpha value is -2.13. The molecule has 0 aliphatic rings. The third-order valence-electron chi connectivity index (χ3n) is 2.75. The van der Waals surface area contributed by atoms with E-state index in [1.807, 2.05) is 55.5 Å². The van der Waals surface area contributed by atoms with Crippen molar-refractivity contribution in [3.8, 4) is 11.6 Å². The summed E-state index contributed by atoms with van der Waals surface area (Å²) >= 11 is 5.92. The van der Waals surface area contributed by atoms with Gasteiger partial charge in [0.1, 0.15) is 5.75 Å². The Bertz CT molecular complexity index is 743. The maximum atomic E-state index is 5.92. The molecule has 0 unspecified atom stereocenters. The average Bonchev–Trinajstić information content (AvgIpc) is 2.38. The summed E-state index contributed by atoms with van der Waals surface area (Å²) in [6, 6.07) is 15.4. The lowest BCUT2D eigenvalue weighted by Gasteiger charge is -2.08. The predicted octanol–water partition coefficient (Wildman–Crippen LogP) is 4.38. The summed E-state index contributed by atoms with van der Waals surface area (Å²) in [4.78, 5) is 8.33. The first kappa shape index (κ1) is 11.9. The van der Waals surface area contributed by atoms with Crippen LogP contribution in [0.15, 0.2) is 48.5 Å². The van der Waals surface area contributed by atoms with Gasteiger partial charge in [0.25, 0.3) is 0 Å². The Morgan fingerprint density at radius 2 is 1.84 bits per heavy atom. The van der Waals surface area contributed by atoms with Crippen LogP contribution in [-0.4, -0.2) is 9.97 Å². The SMILES string of the molecule is Cc1cccc(Oc2nc(Cl)nc3ccccc23)c1. The Kier molecular flexibility index (Phi) is 3.05. The molecule has 3 nitrogen and oxygen atoms in total. The van der Waals surface area contributed by atoms with Crippen LogP contribution in [0.4, 0.5) is 0 Å². The molecule has 0 aliphatic carbocycles. The molecule has 0 bridgehead atoms. The van der Waals surface area contributed by atoms with E-state index in [0.717, 1.165) is 22.2 Å². The molecule has 1 aromatic heterocycles. The molecule has 0 atom stereocenters. The first-order chi connectivity index (χ1) is 9.22. The quantitative estimate of drug-likeness (QED) is 0.648. The van der Waals surface area contributed by atoms with Crippen molar-refractivity contribution in [2.45, 2.75) is 6.92 Å². The fourth-order valence-electron chi connectivity index (χ4n) is 1.89. The van der Waals surface area contributed by atoms with Crippen LogP contribution in [0.3, 0.4) is 0 Å². The second kappa shape index (κ2) is 4.86. The summed E-state index contributed by atoms with van der Waals surface area (Å²) in [5.41, 5.74) is 1.90. The van der Waals surface area contributed by atoms with Crippen LogP contribution >= 0.6 is 11.6 Å². The van der Waals surface area contributed by atoms with Crippen LogP contribution < -0.4 is 4.74 Å². The van der Waals surface area contributed by atoms with E-state index in [2.05, 4.69) is 9.97 Å². The minimum absolute atomic E-state index is 0.182. The number of halogens is 1. The molecular formula is C15H11ClN2O. The van der Waals surface area contributed by atoms with Crippen LogP contribution in [0.5, 0.6) is 11.6 Å². The summed E-state index contributed by atoms with van der Waals surface area (Å²) in [5.74, 6) is 1.21. The van der Waals surface area contributed by atoms with E-state index >= 15 is 0 Å². The third kappa shape index (κ3) is 2.51. The standard InChI is InChI=1S/C15H11ClN2O/c1-10-5-4-6-11(9-10)19-14-12-7-2-3-8-13(12)17-15(16)18-14/h2-9H,1H3. The highest BCUT2D eigenvalue weighted by atomic mass is 35.5. The van der Waals surface area contributed by atoms with Crippen LogP contribution in [0.2, 0.25) is 5.28 Å². The van der Waals surface area contributed by atoms with Gasteiger partial charge in [-0.2, -0.15) is 4.98 Å². The van der Waals surface area contributed by atoms with Gasteiger partial charge in [-0.15, -0.1) is 0 Å². The monoisotopic (exact) mass is 270 g/mol. The number of ether oxygens (including phenoxy) is 1. The summed E-state index contributed by atoms with van der Waals surface area (Å²) < 4.78 is 5.82. The van der Waals surface area contributed by atoms with Gasteiger partial charge in [-0.05, 0) is 48.4 Å². The van der Waals surface area contributed by atoms with Gasteiger partial charge in [0, 0.05) is 0 Å². The minimum atomic E-state index is 0.182. The Morgan fingerprint density at radius 3 is 2.68 bits per heavy atom. The van der Waals surface area contributed by atoms with Gasteiger partial charge in [-0.25, -0.2) is 4.98 Å². The molecule has 3 rings (SSSR count). The van der Waals surface area contributed by atoms with E-state index in [4.69, 9.17) is 16.3 Å². The zero-order chi connectivity index (χ0) is 13.2. The minimum Gasteiger partial charge on any atom is -0.438 e. The van der Waals surface area contributed by atoms with E-state index in [0.29, 0.717) is 5.88 Å². The molecule has 0 saturated heterocycles. The molecule has 0 aliphatic heterocycles. The first-order valence-corrected chi connectivity index (χ1v) is 6.27. The maximum Gasteiger partial charge on any atom is 0.231 e. The Balaban J connectivity index is 2.09. The molecule has 1 heterocycles. The van der Waals surface area contributed by atoms with Crippen LogP contribution in [-0.2, 0) is 0 Å². The highest BCUT2D eigenvalue weighted by Crippen LogP contribution is 2.28. The number of aryl methyl sites for hydroxylation is 1. The van der Waals surface area contributed by atoms with Gasteiger partial charge < -0.3 is 4.74 Å². The van der Waals surface area contributed by atoms with Crippen LogP contribution in [0.1, 0.15) is 5.56 Å². The number of aromatic nitrogens is 2. The summed E-state index contributed by atoms with van der Waals surface area (Å²) in [5, 5.41) is 1.02. The molecule has 94 valence electrons.